The van der Waals surface area contributed by atoms with Crippen LogP contribution in [0, 0.1) is 18.8 Å². The number of carbonyl (C=O) groups excluding carboxylic acids is 2. The summed E-state index contributed by atoms with van der Waals surface area (Å²) in [7, 11) is 0. The number of nitrogens with zero attached hydrogens (tertiary/aromatic N) is 3. The van der Waals surface area contributed by atoms with Crippen LogP contribution in [-0.2, 0) is 22.7 Å². The fourth-order valence-electron chi connectivity index (χ4n) is 4.99. The number of thiazole rings is 1. The van der Waals surface area contributed by atoms with Gasteiger partial charge in [0.1, 0.15) is 10.6 Å². The maximum Gasteiger partial charge on any atom is 0.352 e. The summed E-state index contributed by atoms with van der Waals surface area (Å²) in [6.45, 7) is 6.25. The van der Waals surface area contributed by atoms with E-state index in [2.05, 4.69) is 4.98 Å². The molecule has 0 saturated carbocycles. The van der Waals surface area contributed by atoms with Gasteiger partial charge in [-0.15, -0.1) is 22.7 Å². The first-order valence-corrected chi connectivity index (χ1v) is 11.7. The van der Waals surface area contributed by atoms with Gasteiger partial charge in [-0.05, 0) is 25.5 Å². The molecule has 5 heterocycles. The third kappa shape index (κ3) is 3.31. The third-order valence-electron chi connectivity index (χ3n) is 6.46. The molecule has 0 aliphatic carbocycles. The second-order valence-electron chi connectivity index (χ2n) is 8.31. The van der Waals surface area contributed by atoms with Gasteiger partial charge in [0.05, 0.1) is 35.8 Å². The Labute approximate surface area is 214 Å². The predicted molar refractivity (Wildman–Crippen MR) is 120 cm³/mol. The van der Waals surface area contributed by atoms with E-state index >= 15 is 0 Å². The summed E-state index contributed by atoms with van der Waals surface area (Å²) >= 11 is 2.82. The van der Waals surface area contributed by atoms with Crippen LogP contribution in [0.2, 0.25) is 0 Å². The van der Waals surface area contributed by atoms with E-state index in [0.717, 1.165) is 21.0 Å². The molecule has 1 fully saturated rings. The molecule has 3 aliphatic rings. The topological polar surface area (TPSA) is 111 Å². The van der Waals surface area contributed by atoms with Crippen LogP contribution in [0.1, 0.15) is 44.5 Å². The van der Waals surface area contributed by atoms with E-state index in [4.69, 9.17) is 0 Å². The molecule has 4 atom stereocenters. The molecule has 0 spiro atoms. The number of β-lactam (4-membered cyclic amide) rings is 1. The SMILES string of the molecule is Cc1ncsc1C(=O)N1Cc2cc(C3=C(C(=O)O)N4C(=O)[C@H]([C@@H](C)O)[C@H]4[C@H]3C)sc2C1.[Na]. The standard InChI is InChI=1S/C21H21N3O5S2.Na/c1-8-14(17(21(28)29)24-16(8)15(10(3)25)19(24)26)12-4-11-5-23(6-13(11)31-12)20(27)18-9(2)22-7-30-18;/h4,7-8,10,15-16,25H,5-6H2,1-3H3,(H,28,29);/t8-,10+,15+,16+;/m0./s1. The number of fused-ring (bicyclic) bond motifs is 2. The summed E-state index contributed by atoms with van der Waals surface area (Å²) in [5.41, 5.74) is 4.06. The number of aryl methyl sites for hydroxylation is 1. The van der Waals surface area contributed by atoms with Crippen molar-refractivity contribution in [2.45, 2.75) is 46.0 Å². The number of carbonyl (C=O) groups is 3. The molecule has 32 heavy (non-hydrogen) atoms. The molecule has 2 amide bonds. The van der Waals surface area contributed by atoms with Crippen LogP contribution < -0.4 is 0 Å². The molecule has 5 rings (SSSR count). The Hall–Kier alpha value is -1.56. The van der Waals surface area contributed by atoms with Gasteiger partial charge in [0.15, 0.2) is 0 Å². The maximum absolute atomic E-state index is 12.8. The van der Waals surface area contributed by atoms with Crippen molar-refractivity contribution in [3.05, 3.63) is 43.2 Å². The summed E-state index contributed by atoms with van der Waals surface area (Å²) in [4.78, 5) is 47.2. The van der Waals surface area contributed by atoms with Gasteiger partial charge in [-0.1, -0.05) is 6.92 Å². The minimum atomic E-state index is -1.13. The van der Waals surface area contributed by atoms with Crippen molar-refractivity contribution < 1.29 is 24.6 Å². The van der Waals surface area contributed by atoms with Crippen molar-refractivity contribution in [2.24, 2.45) is 11.8 Å². The van der Waals surface area contributed by atoms with Crippen molar-refractivity contribution in [1.29, 1.82) is 0 Å². The van der Waals surface area contributed by atoms with Crippen LogP contribution >= 0.6 is 22.7 Å². The Morgan fingerprint density at radius 2 is 2.03 bits per heavy atom. The van der Waals surface area contributed by atoms with Crippen LogP contribution in [0.4, 0.5) is 0 Å². The number of aliphatic hydroxyl groups is 1. The summed E-state index contributed by atoms with van der Waals surface area (Å²) < 4.78 is 0. The largest absolute Gasteiger partial charge is 0.477 e. The molecule has 3 aliphatic heterocycles. The van der Waals surface area contributed by atoms with Crippen molar-refractivity contribution in [2.75, 3.05) is 0 Å². The van der Waals surface area contributed by atoms with E-state index in [9.17, 15) is 24.6 Å². The van der Waals surface area contributed by atoms with Gasteiger partial charge in [-0.2, -0.15) is 0 Å². The summed E-state index contributed by atoms with van der Waals surface area (Å²) in [6, 6.07) is 1.62. The zero-order chi connectivity index (χ0) is 22.2. The van der Waals surface area contributed by atoms with E-state index in [1.54, 1.807) is 17.3 Å². The second-order valence-corrected chi connectivity index (χ2v) is 10.3. The first-order chi connectivity index (χ1) is 14.7. The van der Waals surface area contributed by atoms with Gasteiger partial charge in [-0.3, -0.25) is 9.59 Å². The van der Waals surface area contributed by atoms with Gasteiger partial charge in [0.2, 0.25) is 5.91 Å². The van der Waals surface area contributed by atoms with Crippen LogP contribution in [0.5, 0.6) is 0 Å². The number of carboxylic acids is 1. The molecule has 1 saturated heterocycles. The normalized spacial score (nSPS) is 24.8. The summed E-state index contributed by atoms with van der Waals surface area (Å²) in [5.74, 6) is -2.28. The Bertz CT molecular complexity index is 1150. The molecule has 0 aromatic carbocycles. The van der Waals surface area contributed by atoms with Gasteiger partial charge < -0.3 is 20.0 Å². The van der Waals surface area contributed by atoms with E-state index in [-0.39, 0.29) is 59.0 Å². The number of carboxylic acid groups (broad SMARTS) is 1. The Morgan fingerprint density at radius 3 is 2.59 bits per heavy atom. The van der Waals surface area contributed by atoms with Crippen molar-refractivity contribution >= 4 is 75.6 Å². The summed E-state index contributed by atoms with van der Waals surface area (Å²) in [5, 5.41) is 19.9. The number of aromatic nitrogens is 1. The number of amides is 2. The van der Waals surface area contributed by atoms with Gasteiger partial charge in [0.25, 0.3) is 5.91 Å². The molecular weight excluding hydrogens is 461 g/mol. The number of thiophene rings is 1. The van der Waals surface area contributed by atoms with Crippen LogP contribution in [0.3, 0.4) is 0 Å². The molecule has 0 unspecified atom stereocenters. The average molecular weight is 483 g/mol. The van der Waals surface area contributed by atoms with Crippen molar-refractivity contribution in [3.63, 3.8) is 0 Å². The predicted octanol–water partition coefficient (Wildman–Crippen LogP) is 1.94. The number of aliphatic hydroxyl groups excluding tert-OH is 1. The molecule has 8 nitrogen and oxygen atoms in total. The van der Waals surface area contributed by atoms with Gasteiger partial charge in [0, 0.05) is 57.3 Å². The van der Waals surface area contributed by atoms with Crippen LogP contribution in [-0.4, -0.2) is 84.5 Å². The van der Waals surface area contributed by atoms with Crippen molar-refractivity contribution in [1.82, 2.24) is 14.8 Å². The summed E-state index contributed by atoms with van der Waals surface area (Å²) in [6.07, 6.45) is -0.825. The van der Waals surface area contributed by atoms with E-state index in [0.29, 0.717) is 23.5 Å². The van der Waals surface area contributed by atoms with E-state index in [1.807, 2.05) is 19.9 Å². The van der Waals surface area contributed by atoms with E-state index < -0.39 is 18.0 Å². The molecular formula is C21H21N3NaO5S2. The minimum Gasteiger partial charge on any atom is -0.477 e. The van der Waals surface area contributed by atoms with E-state index in [1.165, 1.54) is 27.6 Å². The Balaban J connectivity index is 0.00000245. The quantitative estimate of drug-likeness (QED) is 0.509. The zero-order valence-corrected chi connectivity index (χ0v) is 21.8. The molecule has 1 radical (unpaired) electrons. The molecule has 2 aromatic heterocycles. The first-order valence-electron chi connectivity index (χ1n) is 10.0. The molecule has 0 bridgehead atoms. The smallest absolute Gasteiger partial charge is 0.352 e. The van der Waals surface area contributed by atoms with Crippen LogP contribution in [0.15, 0.2) is 17.3 Å². The Kier molecular flexibility index (Phi) is 6.15. The number of hydrogen-bond donors (Lipinski definition) is 2. The molecule has 163 valence electrons. The molecule has 11 heteroatoms. The monoisotopic (exact) mass is 482 g/mol. The third-order valence-corrected chi connectivity index (χ3v) is 8.57. The van der Waals surface area contributed by atoms with Gasteiger partial charge >= 0.3 is 5.97 Å². The number of hydrogen-bond acceptors (Lipinski definition) is 7. The molecule has 2 aromatic rings. The average Bonchev–Trinajstić information content (AvgIpc) is 3.41. The Morgan fingerprint density at radius 1 is 1.31 bits per heavy atom. The molecule has 2 N–H and O–H groups in total. The number of aliphatic carboxylic acids is 1. The first kappa shape index (κ1) is 23.6. The minimum absolute atomic E-state index is 0. The van der Waals surface area contributed by atoms with Crippen molar-refractivity contribution in [3.8, 4) is 0 Å². The van der Waals surface area contributed by atoms with Gasteiger partial charge in [-0.25, -0.2) is 9.78 Å². The van der Waals surface area contributed by atoms with Crippen LogP contribution in [0.25, 0.3) is 5.57 Å². The fourth-order valence-corrected chi connectivity index (χ4v) is 7.09. The zero-order valence-electron chi connectivity index (χ0n) is 18.2. The maximum atomic E-state index is 12.8. The second kappa shape index (κ2) is 8.34. The fraction of sp³-hybridized carbons (Fsp3) is 0.429. The number of rotatable bonds is 4.